The van der Waals surface area contributed by atoms with Gasteiger partial charge in [-0.3, -0.25) is 14.4 Å². The number of ether oxygens (including phenoxy) is 3. The van der Waals surface area contributed by atoms with E-state index in [0.717, 1.165) is 18.4 Å². The van der Waals surface area contributed by atoms with E-state index in [1.165, 1.54) is 35.2 Å². The van der Waals surface area contributed by atoms with Gasteiger partial charge in [0.15, 0.2) is 5.75 Å². The van der Waals surface area contributed by atoms with E-state index in [2.05, 4.69) is 25.4 Å². The number of amides is 4. The average molecular weight is 547 g/mol. The molecule has 11 nitrogen and oxygen atoms in total. The lowest BCUT2D eigenvalue weighted by molar-refractivity contribution is -0.125. The van der Waals surface area contributed by atoms with Crippen molar-refractivity contribution in [2.75, 3.05) is 43.6 Å². The molecule has 194 valence electrons. The minimum absolute atomic E-state index is 0.155. The van der Waals surface area contributed by atoms with Gasteiger partial charge in [-0.2, -0.15) is 8.78 Å². The zero-order chi connectivity index (χ0) is 26.2. The maximum atomic E-state index is 13.1. The normalized spacial score (nSPS) is 14.2. The molecule has 0 radical (unpaired) electrons. The fourth-order valence-electron chi connectivity index (χ4n) is 3.12. The van der Waals surface area contributed by atoms with Crippen LogP contribution in [0.4, 0.5) is 25.0 Å². The van der Waals surface area contributed by atoms with Gasteiger partial charge in [0.2, 0.25) is 5.91 Å². The molecule has 2 aromatic rings. The van der Waals surface area contributed by atoms with Crippen molar-refractivity contribution >= 4 is 58.1 Å². The maximum absolute atomic E-state index is 13.1. The summed E-state index contributed by atoms with van der Waals surface area (Å²) in [6, 6.07) is 5.54. The monoisotopic (exact) mass is 546 g/mol. The number of methoxy groups -OCH3 is 1. The Hall–Kier alpha value is -3.49. The number of carbonyl (C=O) groups is 4. The van der Waals surface area contributed by atoms with Crippen LogP contribution < -0.4 is 25.6 Å². The number of nitrogens with zero attached hydrogens (tertiary/aromatic N) is 1. The lowest BCUT2D eigenvalue weighted by Crippen LogP contribution is -2.50. The van der Waals surface area contributed by atoms with Gasteiger partial charge in [0.25, 0.3) is 11.8 Å². The predicted molar refractivity (Wildman–Crippen MR) is 126 cm³/mol. The van der Waals surface area contributed by atoms with Crippen LogP contribution in [-0.2, 0) is 19.1 Å². The third-order valence-electron chi connectivity index (χ3n) is 4.79. The van der Waals surface area contributed by atoms with Crippen molar-refractivity contribution < 1.29 is 42.2 Å². The topological polar surface area (TPSA) is 135 Å². The van der Waals surface area contributed by atoms with E-state index in [0.29, 0.717) is 4.34 Å². The van der Waals surface area contributed by atoms with E-state index >= 15 is 0 Å². The van der Waals surface area contributed by atoms with Gasteiger partial charge in [-0.05, 0) is 24.3 Å². The summed E-state index contributed by atoms with van der Waals surface area (Å²) >= 11 is 6.84. The third kappa shape index (κ3) is 7.26. The minimum Gasteiger partial charge on any atom is -0.453 e. The summed E-state index contributed by atoms with van der Waals surface area (Å²) in [7, 11) is 1.08. The number of hydrogen-bond acceptors (Lipinski definition) is 8. The summed E-state index contributed by atoms with van der Waals surface area (Å²) in [5.41, 5.74) is 0.112. The number of alkyl halides is 2. The Morgan fingerprint density at radius 1 is 1.25 bits per heavy atom. The van der Waals surface area contributed by atoms with Crippen LogP contribution in [0.25, 0.3) is 0 Å². The van der Waals surface area contributed by atoms with E-state index in [9.17, 15) is 28.0 Å². The van der Waals surface area contributed by atoms with E-state index in [1.807, 2.05) is 0 Å². The number of anilines is 2. The van der Waals surface area contributed by atoms with E-state index < -0.39 is 36.3 Å². The van der Waals surface area contributed by atoms with Crippen LogP contribution >= 0.6 is 22.9 Å². The number of rotatable bonds is 9. The number of nitrogens with one attached hydrogen (secondary N) is 3. The molecule has 1 aromatic heterocycles. The van der Waals surface area contributed by atoms with Gasteiger partial charge in [0.05, 0.1) is 28.6 Å². The van der Waals surface area contributed by atoms with Crippen LogP contribution in [0.1, 0.15) is 9.67 Å². The number of alkyl carbamates (subject to hydrolysis) is 1. The highest BCUT2D eigenvalue weighted by Gasteiger charge is 2.26. The van der Waals surface area contributed by atoms with Crippen molar-refractivity contribution in [3.8, 4) is 5.75 Å². The van der Waals surface area contributed by atoms with Gasteiger partial charge in [0, 0.05) is 24.8 Å². The summed E-state index contributed by atoms with van der Waals surface area (Å²) in [4.78, 5) is 50.7. The second-order valence-electron chi connectivity index (χ2n) is 7.15. The molecule has 1 saturated heterocycles. The maximum Gasteiger partial charge on any atom is 0.407 e. The molecular weight excluding hydrogens is 526 g/mol. The predicted octanol–water partition coefficient (Wildman–Crippen LogP) is 2.46. The van der Waals surface area contributed by atoms with Crippen molar-refractivity contribution in [3.05, 3.63) is 39.5 Å². The lowest BCUT2D eigenvalue weighted by Gasteiger charge is -2.27. The van der Waals surface area contributed by atoms with Gasteiger partial charge >= 0.3 is 12.7 Å². The minimum atomic E-state index is -3.22. The number of morpholine rings is 1. The van der Waals surface area contributed by atoms with E-state index in [1.54, 1.807) is 0 Å². The number of benzene rings is 1. The fraction of sp³-hybridized carbons (Fsp3) is 0.333. The fourth-order valence-corrected chi connectivity index (χ4v) is 4.07. The lowest BCUT2D eigenvalue weighted by atomic mass is 10.2. The van der Waals surface area contributed by atoms with Crippen molar-refractivity contribution in [1.29, 1.82) is 0 Å². The second-order valence-corrected chi connectivity index (χ2v) is 8.86. The highest BCUT2D eigenvalue weighted by molar-refractivity contribution is 7.18. The SMILES string of the molecule is COC(=O)N[C@@H](CNC(=O)c1ccc(Cl)s1)C(=O)Nc1ccc(N2CCOCC2=O)cc1OC(F)F. The Kier molecular flexibility index (Phi) is 9.38. The van der Waals surface area contributed by atoms with Gasteiger partial charge in [0.1, 0.15) is 12.6 Å². The highest BCUT2D eigenvalue weighted by atomic mass is 35.5. The van der Waals surface area contributed by atoms with Crippen LogP contribution in [-0.4, -0.2) is 69.9 Å². The average Bonchev–Trinajstić information content (AvgIpc) is 3.28. The zero-order valence-corrected chi connectivity index (χ0v) is 20.3. The molecule has 0 aliphatic carbocycles. The van der Waals surface area contributed by atoms with Crippen LogP contribution in [0.15, 0.2) is 30.3 Å². The van der Waals surface area contributed by atoms with Crippen LogP contribution in [0.5, 0.6) is 5.75 Å². The zero-order valence-electron chi connectivity index (χ0n) is 18.7. The number of hydrogen-bond donors (Lipinski definition) is 3. The molecule has 1 aliphatic rings. The quantitative estimate of drug-likeness (QED) is 0.439. The molecule has 1 fully saturated rings. The van der Waals surface area contributed by atoms with E-state index in [4.69, 9.17) is 16.3 Å². The first-order valence-electron chi connectivity index (χ1n) is 10.3. The Morgan fingerprint density at radius 3 is 2.67 bits per heavy atom. The third-order valence-corrected chi connectivity index (χ3v) is 6.02. The molecule has 15 heteroatoms. The largest absolute Gasteiger partial charge is 0.453 e. The first-order valence-corrected chi connectivity index (χ1v) is 11.5. The first kappa shape index (κ1) is 27.1. The first-order chi connectivity index (χ1) is 17.2. The van der Waals surface area contributed by atoms with Crippen LogP contribution in [0.3, 0.4) is 0 Å². The second kappa shape index (κ2) is 12.5. The van der Waals surface area contributed by atoms with E-state index in [-0.39, 0.29) is 48.5 Å². The smallest absolute Gasteiger partial charge is 0.407 e. The summed E-state index contributed by atoms with van der Waals surface area (Å²) < 4.78 is 40.6. The molecule has 0 spiro atoms. The van der Waals surface area contributed by atoms with Gasteiger partial charge in [-0.15, -0.1) is 11.3 Å². The van der Waals surface area contributed by atoms with Crippen molar-refractivity contribution in [1.82, 2.24) is 10.6 Å². The van der Waals surface area contributed by atoms with Gasteiger partial charge < -0.3 is 35.1 Å². The number of thiophene rings is 1. The molecule has 0 bridgehead atoms. The molecule has 0 unspecified atom stereocenters. The van der Waals surface area contributed by atoms with Crippen LogP contribution in [0, 0.1) is 0 Å². The molecule has 3 N–H and O–H groups in total. The van der Waals surface area contributed by atoms with Crippen molar-refractivity contribution in [3.63, 3.8) is 0 Å². The Balaban J connectivity index is 1.77. The summed E-state index contributed by atoms with van der Waals surface area (Å²) in [6.45, 7) is -3.27. The summed E-state index contributed by atoms with van der Waals surface area (Å²) in [5, 5.41) is 7.14. The van der Waals surface area contributed by atoms with Crippen molar-refractivity contribution in [2.45, 2.75) is 12.7 Å². The van der Waals surface area contributed by atoms with Gasteiger partial charge in [-0.1, -0.05) is 11.6 Å². The van der Waals surface area contributed by atoms with Gasteiger partial charge in [-0.25, -0.2) is 4.79 Å². The van der Waals surface area contributed by atoms with Crippen LogP contribution in [0.2, 0.25) is 4.34 Å². The number of carbonyl (C=O) groups excluding carboxylic acids is 4. The van der Waals surface area contributed by atoms with Crippen molar-refractivity contribution in [2.24, 2.45) is 0 Å². The Labute approximate surface area is 212 Å². The molecule has 3 rings (SSSR count). The molecule has 1 aromatic carbocycles. The Bertz CT molecular complexity index is 1130. The molecule has 4 amide bonds. The standard InChI is InChI=1S/C21H21ClF2N4O7S/c1-33-21(32)27-13(9-25-19(31)15-4-5-16(22)36-15)18(30)26-12-3-2-11(8-14(12)35-20(23)24)28-6-7-34-10-17(28)29/h2-5,8,13,20H,6-7,9-10H2,1H3,(H,25,31)(H,26,30)(H,27,32)/t13-/m0/s1. The molecular formula is C21H21ClF2N4O7S. The molecule has 1 aliphatic heterocycles. The molecule has 36 heavy (non-hydrogen) atoms. The summed E-state index contributed by atoms with van der Waals surface area (Å²) in [5.74, 6) is -2.19. The Morgan fingerprint density at radius 2 is 2.03 bits per heavy atom. The highest BCUT2D eigenvalue weighted by Crippen LogP contribution is 2.32. The molecule has 1 atom stereocenters. The summed E-state index contributed by atoms with van der Waals surface area (Å²) in [6.07, 6.45) is -0.964. The number of halogens is 3. The molecule has 0 saturated carbocycles. The molecule has 2 heterocycles.